The highest BCUT2D eigenvalue weighted by Gasteiger charge is 2.05. The van der Waals surface area contributed by atoms with Crippen LogP contribution < -0.4 is 0 Å². The van der Waals surface area contributed by atoms with Gasteiger partial charge in [-0.2, -0.15) is 0 Å². The second kappa shape index (κ2) is 3.27. The SMILES string of the molecule is C=CC(O)c1ccc2c(c1)ncn2C. The monoisotopic (exact) mass is 188 g/mol. The Labute approximate surface area is 82.3 Å². The van der Waals surface area contributed by atoms with Crippen molar-refractivity contribution in [3.8, 4) is 0 Å². The zero-order chi connectivity index (χ0) is 10.1. The van der Waals surface area contributed by atoms with Gasteiger partial charge in [0, 0.05) is 7.05 Å². The van der Waals surface area contributed by atoms with E-state index < -0.39 is 6.10 Å². The zero-order valence-electron chi connectivity index (χ0n) is 8.01. The first-order valence-corrected chi connectivity index (χ1v) is 4.44. The van der Waals surface area contributed by atoms with Crippen molar-refractivity contribution in [3.05, 3.63) is 42.7 Å². The van der Waals surface area contributed by atoms with Crippen LogP contribution in [0.3, 0.4) is 0 Å². The summed E-state index contributed by atoms with van der Waals surface area (Å²) in [4.78, 5) is 4.21. The smallest absolute Gasteiger partial charge is 0.0969 e. The van der Waals surface area contributed by atoms with E-state index in [0.717, 1.165) is 16.6 Å². The minimum absolute atomic E-state index is 0.610. The Kier molecular flexibility index (Phi) is 2.09. The maximum Gasteiger partial charge on any atom is 0.0969 e. The molecule has 0 amide bonds. The summed E-state index contributed by atoms with van der Waals surface area (Å²) in [7, 11) is 1.94. The Morgan fingerprint density at radius 2 is 2.36 bits per heavy atom. The average Bonchev–Trinajstić information content (AvgIpc) is 2.59. The highest BCUT2D eigenvalue weighted by Crippen LogP contribution is 2.19. The third-order valence-electron chi connectivity index (χ3n) is 2.31. The molecule has 0 saturated heterocycles. The third-order valence-corrected chi connectivity index (χ3v) is 2.31. The number of aryl methyl sites for hydroxylation is 1. The normalized spacial score (nSPS) is 13.0. The summed E-state index contributed by atoms with van der Waals surface area (Å²) in [5.74, 6) is 0. The fraction of sp³-hybridized carbons (Fsp3) is 0.182. The molecule has 0 radical (unpaired) electrons. The van der Waals surface area contributed by atoms with E-state index in [2.05, 4.69) is 11.6 Å². The molecule has 2 aromatic rings. The van der Waals surface area contributed by atoms with Crippen molar-refractivity contribution in [2.75, 3.05) is 0 Å². The Morgan fingerprint density at radius 1 is 1.57 bits per heavy atom. The van der Waals surface area contributed by atoms with Gasteiger partial charge in [-0.25, -0.2) is 4.98 Å². The lowest BCUT2D eigenvalue weighted by atomic mass is 10.1. The van der Waals surface area contributed by atoms with Crippen molar-refractivity contribution in [3.63, 3.8) is 0 Å². The Morgan fingerprint density at radius 3 is 3.07 bits per heavy atom. The molecular weight excluding hydrogens is 176 g/mol. The molecule has 1 unspecified atom stereocenters. The molecule has 0 aliphatic rings. The summed E-state index contributed by atoms with van der Waals surface area (Å²) in [5, 5.41) is 9.54. The fourth-order valence-corrected chi connectivity index (χ4v) is 1.47. The number of rotatable bonds is 2. The number of fused-ring (bicyclic) bond motifs is 1. The van der Waals surface area contributed by atoms with Crippen molar-refractivity contribution in [1.29, 1.82) is 0 Å². The molecule has 0 fully saturated rings. The second-order valence-corrected chi connectivity index (χ2v) is 3.28. The van der Waals surface area contributed by atoms with Crippen molar-refractivity contribution in [2.45, 2.75) is 6.10 Å². The predicted molar refractivity (Wildman–Crippen MR) is 55.9 cm³/mol. The van der Waals surface area contributed by atoms with Crippen LogP contribution in [0.2, 0.25) is 0 Å². The summed E-state index contributed by atoms with van der Waals surface area (Å²) in [5.41, 5.74) is 2.78. The molecule has 0 aliphatic carbocycles. The van der Waals surface area contributed by atoms with Crippen molar-refractivity contribution < 1.29 is 5.11 Å². The van der Waals surface area contributed by atoms with Crippen LogP contribution in [0.1, 0.15) is 11.7 Å². The quantitative estimate of drug-likeness (QED) is 0.730. The van der Waals surface area contributed by atoms with E-state index in [0.29, 0.717) is 0 Å². The van der Waals surface area contributed by atoms with Gasteiger partial charge >= 0.3 is 0 Å². The fourth-order valence-electron chi connectivity index (χ4n) is 1.47. The molecule has 14 heavy (non-hydrogen) atoms. The van der Waals surface area contributed by atoms with Gasteiger partial charge in [-0.3, -0.25) is 0 Å². The van der Waals surface area contributed by atoms with Crippen LogP contribution in [0.25, 0.3) is 11.0 Å². The van der Waals surface area contributed by atoms with Gasteiger partial charge < -0.3 is 9.67 Å². The summed E-state index contributed by atoms with van der Waals surface area (Å²) in [6.45, 7) is 3.55. The molecule has 1 atom stereocenters. The number of aliphatic hydroxyl groups excluding tert-OH is 1. The van der Waals surface area contributed by atoms with E-state index in [1.165, 1.54) is 6.08 Å². The topological polar surface area (TPSA) is 38.1 Å². The molecule has 3 nitrogen and oxygen atoms in total. The molecule has 1 heterocycles. The Hall–Kier alpha value is -1.61. The minimum atomic E-state index is -0.610. The molecule has 1 aromatic carbocycles. The zero-order valence-corrected chi connectivity index (χ0v) is 8.01. The van der Waals surface area contributed by atoms with E-state index in [-0.39, 0.29) is 0 Å². The van der Waals surface area contributed by atoms with E-state index in [4.69, 9.17) is 0 Å². The van der Waals surface area contributed by atoms with Gasteiger partial charge in [0.05, 0.1) is 23.5 Å². The Bertz CT molecular complexity index is 473. The number of hydrogen-bond acceptors (Lipinski definition) is 2. The van der Waals surface area contributed by atoms with Crippen LogP contribution in [-0.2, 0) is 7.05 Å². The van der Waals surface area contributed by atoms with Crippen LogP contribution in [0, 0.1) is 0 Å². The van der Waals surface area contributed by atoms with Crippen LogP contribution in [-0.4, -0.2) is 14.7 Å². The first-order chi connectivity index (χ1) is 6.72. The van der Waals surface area contributed by atoms with Crippen molar-refractivity contribution >= 4 is 11.0 Å². The first kappa shape index (κ1) is 8.97. The average molecular weight is 188 g/mol. The van der Waals surface area contributed by atoms with Crippen LogP contribution in [0.5, 0.6) is 0 Å². The van der Waals surface area contributed by atoms with Gasteiger partial charge in [0.2, 0.25) is 0 Å². The predicted octanol–water partition coefficient (Wildman–Crippen LogP) is 1.79. The maximum absolute atomic E-state index is 9.54. The standard InChI is InChI=1S/C11H12N2O/c1-3-11(14)8-4-5-10-9(6-8)12-7-13(10)2/h3-7,11,14H,1H2,2H3. The minimum Gasteiger partial charge on any atom is -0.384 e. The number of benzene rings is 1. The molecule has 0 bridgehead atoms. The van der Waals surface area contributed by atoms with Crippen LogP contribution in [0.4, 0.5) is 0 Å². The van der Waals surface area contributed by atoms with Gasteiger partial charge in [-0.05, 0) is 17.7 Å². The first-order valence-electron chi connectivity index (χ1n) is 4.44. The third kappa shape index (κ3) is 1.32. The number of nitrogens with zero attached hydrogens (tertiary/aromatic N) is 2. The van der Waals surface area contributed by atoms with Crippen molar-refractivity contribution in [2.24, 2.45) is 7.05 Å². The van der Waals surface area contributed by atoms with Crippen molar-refractivity contribution in [1.82, 2.24) is 9.55 Å². The molecule has 0 spiro atoms. The summed E-state index contributed by atoms with van der Waals surface area (Å²) in [6, 6.07) is 5.71. The molecule has 0 aliphatic heterocycles. The maximum atomic E-state index is 9.54. The lowest BCUT2D eigenvalue weighted by Crippen LogP contribution is -1.92. The summed E-state index contributed by atoms with van der Waals surface area (Å²) >= 11 is 0. The lowest BCUT2D eigenvalue weighted by Gasteiger charge is -2.04. The van der Waals surface area contributed by atoms with Crippen LogP contribution >= 0.6 is 0 Å². The molecular formula is C11H12N2O. The number of imidazole rings is 1. The molecule has 3 heteroatoms. The lowest BCUT2D eigenvalue weighted by molar-refractivity contribution is 0.229. The largest absolute Gasteiger partial charge is 0.384 e. The van der Waals surface area contributed by atoms with E-state index in [9.17, 15) is 5.11 Å². The number of aliphatic hydroxyl groups is 1. The molecule has 72 valence electrons. The van der Waals surface area contributed by atoms with Gasteiger partial charge in [0.25, 0.3) is 0 Å². The molecule has 2 rings (SSSR count). The second-order valence-electron chi connectivity index (χ2n) is 3.28. The molecule has 1 aromatic heterocycles. The number of aromatic nitrogens is 2. The Balaban J connectivity index is 2.57. The molecule has 1 N–H and O–H groups in total. The highest BCUT2D eigenvalue weighted by atomic mass is 16.3. The summed E-state index contributed by atoms with van der Waals surface area (Å²) < 4.78 is 1.94. The van der Waals surface area contributed by atoms with E-state index >= 15 is 0 Å². The van der Waals surface area contributed by atoms with E-state index in [1.807, 2.05) is 29.8 Å². The van der Waals surface area contributed by atoms with Gasteiger partial charge in [0.15, 0.2) is 0 Å². The molecule has 0 saturated carbocycles. The van der Waals surface area contributed by atoms with Gasteiger partial charge in [0.1, 0.15) is 0 Å². The number of hydrogen-bond donors (Lipinski definition) is 1. The van der Waals surface area contributed by atoms with E-state index in [1.54, 1.807) is 6.33 Å². The van der Waals surface area contributed by atoms with Crippen LogP contribution in [0.15, 0.2) is 37.2 Å². The van der Waals surface area contributed by atoms with Gasteiger partial charge in [-0.15, -0.1) is 6.58 Å². The highest BCUT2D eigenvalue weighted by molar-refractivity contribution is 5.76. The summed E-state index contributed by atoms with van der Waals surface area (Å²) in [6.07, 6.45) is 2.65. The van der Waals surface area contributed by atoms with Gasteiger partial charge in [-0.1, -0.05) is 12.1 Å².